The number of hydrogen-bond acceptors (Lipinski definition) is 11. The minimum Gasteiger partial charge on any atom is -0.372 e. The number of non-ortho nitro benzene ring substituents is 1. The first kappa shape index (κ1) is 35.6. The lowest BCUT2D eigenvalue weighted by Crippen LogP contribution is -2.31. The van der Waals surface area contributed by atoms with Crippen LogP contribution in [0.4, 0.5) is 5.69 Å². The van der Waals surface area contributed by atoms with Gasteiger partial charge in [-0.2, -0.15) is 8.42 Å². The fraction of sp³-hybridized carbons (Fsp3) is 0.316. The molecule has 6 heterocycles. The zero-order chi connectivity index (χ0) is 35.2. The Morgan fingerprint density at radius 2 is 1.49 bits per heavy atom. The highest BCUT2D eigenvalue weighted by Crippen LogP contribution is 2.34. The summed E-state index contributed by atoms with van der Waals surface area (Å²) in [6, 6.07) is 26.6. The molecule has 3 aromatic carbocycles. The molecule has 4 aliphatic heterocycles. The Bertz CT molecular complexity index is 2100. The van der Waals surface area contributed by atoms with Crippen molar-refractivity contribution in [1.82, 2.24) is 10.2 Å². The van der Waals surface area contributed by atoms with Gasteiger partial charge in [-0.1, -0.05) is 54.6 Å². The number of epoxide rings is 2. The number of nitrogens with one attached hydrogen (secondary N) is 1. The SMILES string of the molecule is C1=C(c2cc3ccccc3s2)CCN(C[C@H]2CO2)C1.C1=C(c2cc3ccccc3s2)CCNC1.O=[N+]([O-])c1cccc(S(=O)(=O)OC[C@H]2CO2)c1. The molecule has 0 aliphatic carbocycles. The first-order valence-corrected chi connectivity index (χ1v) is 20.0. The summed E-state index contributed by atoms with van der Waals surface area (Å²) in [5, 5.41) is 16.6. The second-order valence-corrected chi connectivity index (χ2v) is 16.4. The summed E-state index contributed by atoms with van der Waals surface area (Å²) in [7, 11) is -3.96. The number of ether oxygens (including phenoxy) is 2. The van der Waals surface area contributed by atoms with Crippen LogP contribution in [0.3, 0.4) is 0 Å². The molecule has 2 aromatic heterocycles. The van der Waals surface area contributed by atoms with E-state index in [9.17, 15) is 18.5 Å². The normalized spacial score (nSPS) is 20.0. The van der Waals surface area contributed by atoms with Gasteiger partial charge in [0.15, 0.2) is 0 Å². The average molecular weight is 746 g/mol. The van der Waals surface area contributed by atoms with Gasteiger partial charge in [0.2, 0.25) is 0 Å². The van der Waals surface area contributed by atoms with E-state index in [1.807, 2.05) is 22.7 Å². The van der Waals surface area contributed by atoms with Crippen LogP contribution in [0.5, 0.6) is 0 Å². The molecule has 10 nitrogen and oxygen atoms in total. The molecule has 2 fully saturated rings. The Kier molecular flexibility index (Phi) is 11.4. The van der Waals surface area contributed by atoms with E-state index in [4.69, 9.17) is 13.7 Å². The number of hydrogen-bond donors (Lipinski definition) is 1. The van der Waals surface area contributed by atoms with Crippen LogP contribution in [0.1, 0.15) is 22.6 Å². The van der Waals surface area contributed by atoms with Crippen LogP contribution in [0.15, 0.2) is 102 Å². The maximum Gasteiger partial charge on any atom is 0.297 e. The molecule has 2 atom stereocenters. The summed E-state index contributed by atoms with van der Waals surface area (Å²) in [5.74, 6) is 0. The van der Waals surface area contributed by atoms with Crippen molar-refractivity contribution in [3.63, 3.8) is 0 Å². The Morgan fingerprint density at radius 1 is 0.843 bits per heavy atom. The van der Waals surface area contributed by atoms with E-state index < -0.39 is 15.0 Å². The Balaban J connectivity index is 0.000000120. The maximum atomic E-state index is 11.6. The molecule has 13 heteroatoms. The number of thiophene rings is 2. The smallest absolute Gasteiger partial charge is 0.297 e. The lowest BCUT2D eigenvalue weighted by molar-refractivity contribution is -0.385. The highest BCUT2D eigenvalue weighted by Gasteiger charge is 2.28. The molecule has 2 saturated heterocycles. The lowest BCUT2D eigenvalue weighted by atomic mass is 10.1. The van der Waals surface area contributed by atoms with Gasteiger partial charge in [0.1, 0.15) is 11.0 Å². The zero-order valence-corrected chi connectivity index (χ0v) is 30.4. The third kappa shape index (κ3) is 9.76. The van der Waals surface area contributed by atoms with E-state index in [0.717, 1.165) is 45.3 Å². The van der Waals surface area contributed by atoms with E-state index in [1.54, 1.807) is 0 Å². The molecule has 1 N–H and O–H groups in total. The molecule has 4 aliphatic rings. The molecule has 0 saturated carbocycles. The zero-order valence-electron chi connectivity index (χ0n) is 27.9. The van der Waals surface area contributed by atoms with E-state index in [2.05, 4.69) is 83.0 Å². The Morgan fingerprint density at radius 3 is 2.04 bits per heavy atom. The number of nitro benzene ring substituents is 1. The van der Waals surface area contributed by atoms with E-state index in [0.29, 0.717) is 12.7 Å². The standard InChI is InChI=1S/C16H17NOS.C13H13NS.C9H9NO6S/c1-2-4-15-13(3-1)9-16(19-15)12-5-7-17(8-6-12)10-14-11-18-14;1-2-4-12-11(3-1)9-13(15-12)10-5-7-14-8-6-10;11-10(12)7-2-1-3-9(4-7)17(13,14)16-6-8-5-15-8/h1-5,9,14H,6-8,10-11H2;1-5,9,14H,6-8H2;1-4,8H,5-6H2/t14-;;8-/m0.1/s1. The first-order chi connectivity index (χ1) is 24.8. The third-order valence-electron chi connectivity index (χ3n) is 8.83. The summed E-state index contributed by atoms with van der Waals surface area (Å²) in [6.07, 6.45) is 7.36. The number of nitrogens with zero attached hydrogens (tertiary/aromatic N) is 2. The molecule has 0 spiro atoms. The number of fused-ring (bicyclic) bond motifs is 2. The second kappa shape index (κ2) is 16.3. The van der Waals surface area contributed by atoms with Gasteiger partial charge in [0.25, 0.3) is 15.8 Å². The quantitative estimate of drug-likeness (QED) is 0.0713. The van der Waals surface area contributed by atoms with Crippen LogP contribution in [0.25, 0.3) is 31.3 Å². The maximum absolute atomic E-state index is 11.6. The van der Waals surface area contributed by atoms with Crippen molar-refractivity contribution < 1.29 is 27.0 Å². The molecular weight excluding hydrogens is 707 g/mol. The van der Waals surface area contributed by atoms with Crippen molar-refractivity contribution >= 4 is 69.8 Å². The fourth-order valence-electron chi connectivity index (χ4n) is 5.84. The van der Waals surface area contributed by atoms with Crippen molar-refractivity contribution in [2.75, 3.05) is 52.5 Å². The fourth-order valence-corrected chi connectivity index (χ4v) is 9.08. The van der Waals surface area contributed by atoms with E-state index in [-0.39, 0.29) is 23.3 Å². The van der Waals surface area contributed by atoms with Crippen molar-refractivity contribution in [2.24, 2.45) is 0 Å². The van der Waals surface area contributed by atoms with Gasteiger partial charge in [-0.25, -0.2) is 0 Å². The monoisotopic (exact) mass is 745 g/mol. The summed E-state index contributed by atoms with van der Waals surface area (Å²) >= 11 is 3.83. The average Bonchev–Trinajstić information content (AvgIpc) is 4.08. The topological polar surface area (TPSA) is 127 Å². The minimum absolute atomic E-state index is 0.0645. The molecule has 9 rings (SSSR count). The minimum atomic E-state index is -3.96. The first-order valence-electron chi connectivity index (χ1n) is 17.0. The van der Waals surface area contributed by atoms with E-state index >= 15 is 0 Å². The van der Waals surface area contributed by atoms with Crippen LogP contribution in [-0.4, -0.2) is 83.0 Å². The van der Waals surface area contributed by atoms with Gasteiger partial charge in [-0.15, -0.1) is 22.7 Å². The van der Waals surface area contributed by atoms with Gasteiger partial charge in [-0.05, 0) is 71.6 Å². The van der Waals surface area contributed by atoms with Gasteiger partial charge in [-0.3, -0.25) is 19.2 Å². The van der Waals surface area contributed by atoms with Gasteiger partial charge in [0.05, 0.1) is 30.8 Å². The summed E-state index contributed by atoms with van der Waals surface area (Å²) < 4.78 is 40.9. The molecule has 266 valence electrons. The van der Waals surface area contributed by atoms with Crippen LogP contribution in [0, 0.1) is 10.1 Å². The summed E-state index contributed by atoms with van der Waals surface area (Å²) in [5.41, 5.74) is 2.74. The van der Waals surface area contributed by atoms with Gasteiger partial charge in [0, 0.05) is 57.5 Å². The Hall–Kier alpha value is -3.79. The molecule has 0 radical (unpaired) electrons. The summed E-state index contributed by atoms with van der Waals surface area (Å²) in [6.45, 7) is 6.85. The van der Waals surface area contributed by atoms with Gasteiger partial charge < -0.3 is 14.8 Å². The molecular formula is C38H39N3O7S3. The van der Waals surface area contributed by atoms with Crippen LogP contribution in [0.2, 0.25) is 0 Å². The largest absolute Gasteiger partial charge is 0.372 e. The van der Waals surface area contributed by atoms with Crippen molar-refractivity contribution in [3.05, 3.63) is 117 Å². The second-order valence-electron chi connectivity index (χ2n) is 12.6. The van der Waals surface area contributed by atoms with Crippen molar-refractivity contribution in [1.29, 1.82) is 0 Å². The van der Waals surface area contributed by atoms with Crippen molar-refractivity contribution in [3.8, 4) is 0 Å². The number of benzene rings is 3. The Labute approximate surface area is 305 Å². The predicted molar refractivity (Wildman–Crippen MR) is 204 cm³/mol. The van der Waals surface area contributed by atoms with Crippen LogP contribution < -0.4 is 5.32 Å². The molecule has 51 heavy (non-hydrogen) atoms. The summed E-state index contributed by atoms with van der Waals surface area (Å²) in [4.78, 5) is 15.0. The lowest BCUT2D eigenvalue weighted by Gasteiger charge is -2.25. The number of rotatable bonds is 9. The highest BCUT2D eigenvalue weighted by molar-refractivity contribution is 7.86. The molecule has 0 amide bonds. The molecule has 5 aromatic rings. The van der Waals surface area contributed by atoms with Crippen LogP contribution >= 0.6 is 22.7 Å². The predicted octanol–water partition coefficient (Wildman–Crippen LogP) is 7.37. The molecule has 0 unspecified atom stereocenters. The van der Waals surface area contributed by atoms with Crippen molar-refractivity contribution in [2.45, 2.75) is 29.9 Å². The highest BCUT2D eigenvalue weighted by atomic mass is 32.2. The van der Waals surface area contributed by atoms with Gasteiger partial charge >= 0.3 is 0 Å². The van der Waals surface area contributed by atoms with Crippen LogP contribution in [-0.2, 0) is 23.8 Å². The molecule has 0 bridgehead atoms. The van der Waals surface area contributed by atoms with E-state index in [1.165, 1.54) is 72.2 Å². The number of nitro groups is 1. The third-order valence-corrected chi connectivity index (χ3v) is 12.5.